The molecule has 3 nitrogen and oxygen atoms in total. The molecule has 0 aromatic heterocycles. The van der Waals surface area contributed by atoms with Crippen LogP contribution in [0.3, 0.4) is 0 Å². The fraction of sp³-hybridized carbons (Fsp3) is 0.125. The number of benzene rings is 1. The highest BCUT2D eigenvalue weighted by Gasteiger charge is 2.20. The molecule has 0 heterocycles. The second-order valence-electron chi connectivity index (χ2n) is 2.64. The van der Waals surface area contributed by atoms with Crippen LogP contribution < -0.4 is 5.46 Å². The Bertz CT molecular complexity index is 373. The fourth-order valence-corrected chi connectivity index (χ4v) is 1.64. The van der Waals surface area contributed by atoms with Crippen molar-refractivity contribution in [1.82, 2.24) is 0 Å². The molecule has 0 amide bonds. The topological polar surface area (TPSA) is 64.2 Å². The first-order valence-electron chi connectivity index (χ1n) is 3.63. The van der Waals surface area contributed by atoms with Gasteiger partial charge in [-0.2, -0.15) is 5.26 Å². The van der Waals surface area contributed by atoms with E-state index in [1.54, 1.807) is 19.1 Å². The molecule has 0 radical (unpaired) electrons. The molecule has 0 aliphatic heterocycles. The zero-order valence-electron chi connectivity index (χ0n) is 6.95. The van der Waals surface area contributed by atoms with E-state index in [-0.39, 0.29) is 5.46 Å². The van der Waals surface area contributed by atoms with Crippen LogP contribution in [0.25, 0.3) is 0 Å². The molecule has 1 aromatic carbocycles. The molecule has 0 spiro atoms. The van der Waals surface area contributed by atoms with Gasteiger partial charge in [0.1, 0.15) is 0 Å². The molecule has 0 bridgehead atoms. The van der Waals surface area contributed by atoms with Crippen molar-refractivity contribution >= 4 is 28.5 Å². The van der Waals surface area contributed by atoms with Crippen LogP contribution in [-0.2, 0) is 0 Å². The molecule has 0 saturated carbocycles. The van der Waals surface area contributed by atoms with Crippen LogP contribution >= 0.6 is 15.9 Å². The average molecular weight is 240 g/mol. The Hall–Kier alpha value is -0.825. The summed E-state index contributed by atoms with van der Waals surface area (Å²) in [5.74, 6) is 0. The lowest BCUT2D eigenvalue weighted by molar-refractivity contribution is 0.425. The van der Waals surface area contributed by atoms with Gasteiger partial charge in [0.25, 0.3) is 0 Å². The number of halogens is 1. The minimum atomic E-state index is -1.62. The van der Waals surface area contributed by atoms with Gasteiger partial charge in [-0.25, -0.2) is 0 Å². The molecule has 0 aliphatic carbocycles. The highest BCUT2D eigenvalue weighted by Crippen LogP contribution is 2.13. The number of nitriles is 1. The van der Waals surface area contributed by atoms with Crippen LogP contribution in [0.4, 0.5) is 0 Å². The van der Waals surface area contributed by atoms with Gasteiger partial charge in [0.05, 0.1) is 11.6 Å². The number of nitrogens with zero attached hydrogens (tertiary/aromatic N) is 1. The largest absolute Gasteiger partial charge is 0.490 e. The Labute approximate surface area is 84.9 Å². The van der Waals surface area contributed by atoms with Crippen LogP contribution in [0.1, 0.15) is 11.1 Å². The van der Waals surface area contributed by atoms with Crippen molar-refractivity contribution in [1.29, 1.82) is 5.26 Å². The van der Waals surface area contributed by atoms with Crippen molar-refractivity contribution in [3.63, 3.8) is 0 Å². The molecule has 13 heavy (non-hydrogen) atoms. The molecule has 0 fully saturated rings. The highest BCUT2D eigenvalue weighted by atomic mass is 79.9. The monoisotopic (exact) mass is 239 g/mol. The summed E-state index contributed by atoms with van der Waals surface area (Å²) >= 11 is 3.15. The lowest BCUT2D eigenvalue weighted by atomic mass is 9.76. The summed E-state index contributed by atoms with van der Waals surface area (Å²) in [7, 11) is -1.62. The molecule has 0 atom stereocenters. The molecular weight excluding hydrogens is 233 g/mol. The van der Waals surface area contributed by atoms with Gasteiger partial charge in [-0.1, -0.05) is 22.0 Å². The van der Waals surface area contributed by atoms with E-state index in [0.717, 1.165) is 5.56 Å². The summed E-state index contributed by atoms with van der Waals surface area (Å²) in [6.07, 6.45) is 0. The van der Waals surface area contributed by atoms with Crippen LogP contribution in [0.15, 0.2) is 16.6 Å². The van der Waals surface area contributed by atoms with Crippen LogP contribution in [0, 0.1) is 18.3 Å². The van der Waals surface area contributed by atoms with Gasteiger partial charge in [0, 0.05) is 9.94 Å². The van der Waals surface area contributed by atoms with Gasteiger partial charge >= 0.3 is 7.12 Å². The number of rotatable bonds is 1. The maximum absolute atomic E-state index is 9.02. The normalized spacial score (nSPS) is 9.46. The summed E-state index contributed by atoms with van der Waals surface area (Å²) in [6.45, 7) is 1.75. The van der Waals surface area contributed by atoms with Gasteiger partial charge in [-0.05, 0) is 18.6 Å². The second kappa shape index (κ2) is 3.92. The fourth-order valence-electron chi connectivity index (χ4n) is 1.10. The Kier molecular flexibility index (Phi) is 3.09. The average Bonchev–Trinajstić information content (AvgIpc) is 2.07. The first-order valence-corrected chi connectivity index (χ1v) is 4.42. The van der Waals surface area contributed by atoms with Crippen molar-refractivity contribution < 1.29 is 10.0 Å². The predicted molar refractivity (Wildman–Crippen MR) is 53.4 cm³/mol. The minimum absolute atomic E-state index is 0.225. The van der Waals surface area contributed by atoms with Crippen molar-refractivity contribution in [3.8, 4) is 6.07 Å². The summed E-state index contributed by atoms with van der Waals surface area (Å²) < 4.78 is 0.532. The third-order valence-electron chi connectivity index (χ3n) is 1.77. The first-order chi connectivity index (χ1) is 6.07. The quantitative estimate of drug-likeness (QED) is 0.694. The Morgan fingerprint density at radius 2 is 2.08 bits per heavy atom. The van der Waals surface area contributed by atoms with E-state index in [1.807, 2.05) is 6.07 Å². The van der Waals surface area contributed by atoms with E-state index in [4.69, 9.17) is 15.3 Å². The van der Waals surface area contributed by atoms with Crippen molar-refractivity contribution in [2.24, 2.45) is 0 Å². The molecule has 2 N–H and O–H groups in total. The van der Waals surface area contributed by atoms with Gasteiger partial charge in [0.2, 0.25) is 0 Å². The highest BCUT2D eigenvalue weighted by molar-refractivity contribution is 9.10. The maximum atomic E-state index is 9.02. The zero-order valence-corrected chi connectivity index (χ0v) is 8.54. The number of hydrogen-bond donors (Lipinski definition) is 2. The second-order valence-corrected chi connectivity index (χ2v) is 3.49. The molecule has 5 heteroatoms. The summed E-state index contributed by atoms with van der Waals surface area (Å²) in [5, 5.41) is 26.8. The molecule has 1 rings (SSSR count). The smallest absolute Gasteiger partial charge is 0.423 e. The summed E-state index contributed by atoms with van der Waals surface area (Å²) in [5.41, 5.74) is 1.26. The molecule has 66 valence electrons. The Morgan fingerprint density at radius 1 is 1.46 bits per heavy atom. The van der Waals surface area contributed by atoms with E-state index in [0.29, 0.717) is 10.0 Å². The standard InChI is InChI=1S/C8H7BBrNO2/c1-5-2-3-7(10)8(9(12)13)6(5)4-11/h2-3,12-13H,1H3. The Balaban J connectivity index is 3.46. The molecule has 0 aliphatic rings. The molecule has 0 unspecified atom stereocenters. The SMILES string of the molecule is Cc1ccc(Br)c(B(O)O)c1C#N. The van der Waals surface area contributed by atoms with Crippen molar-refractivity contribution in [3.05, 3.63) is 27.7 Å². The van der Waals surface area contributed by atoms with E-state index in [9.17, 15) is 0 Å². The van der Waals surface area contributed by atoms with Gasteiger partial charge < -0.3 is 10.0 Å². The predicted octanol–water partition coefficient (Wildman–Crippen LogP) is 0.309. The summed E-state index contributed by atoms with van der Waals surface area (Å²) in [4.78, 5) is 0. The Morgan fingerprint density at radius 3 is 2.46 bits per heavy atom. The minimum Gasteiger partial charge on any atom is -0.423 e. The maximum Gasteiger partial charge on any atom is 0.490 e. The first kappa shape index (κ1) is 10.3. The van der Waals surface area contributed by atoms with E-state index in [1.165, 1.54) is 0 Å². The molecule has 1 aromatic rings. The lowest BCUT2D eigenvalue weighted by Crippen LogP contribution is -2.34. The number of aryl methyl sites for hydroxylation is 1. The van der Waals surface area contributed by atoms with Crippen molar-refractivity contribution in [2.45, 2.75) is 6.92 Å². The number of hydrogen-bond acceptors (Lipinski definition) is 3. The van der Waals surface area contributed by atoms with E-state index >= 15 is 0 Å². The molecular formula is C8H7BBrNO2. The van der Waals surface area contributed by atoms with Gasteiger partial charge in [-0.3, -0.25) is 0 Å². The van der Waals surface area contributed by atoms with Gasteiger partial charge in [-0.15, -0.1) is 0 Å². The van der Waals surface area contributed by atoms with Gasteiger partial charge in [0.15, 0.2) is 0 Å². The van der Waals surface area contributed by atoms with E-state index < -0.39 is 7.12 Å². The third kappa shape index (κ3) is 1.91. The van der Waals surface area contributed by atoms with Crippen molar-refractivity contribution in [2.75, 3.05) is 0 Å². The van der Waals surface area contributed by atoms with Crippen LogP contribution in [0.2, 0.25) is 0 Å². The lowest BCUT2D eigenvalue weighted by Gasteiger charge is -2.07. The zero-order chi connectivity index (χ0) is 10.0. The van der Waals surface area contributed by atoms with Crippen LogP contribution in [0.5, 0.6) is 0 Å². The van der Waals surface area contributed by atoms with Crippen LogP contribution in [-0.4, -0.2) is 17.2 Å². The van der Waals surface area contributed by atoms with E-state index in [2.05, 4.69) is 15.9 Å². The summed E-state index contributed by atoms with van der Waals surface area (Å²) in [6, 6.07) is 5.37. The molecule has 0 saturated heterocycles. The third-order valence-corrected chi connectivity index (χ3v) is 2.46.